The minimum absolute atomic E-state index is 0.0104. The third-order valence-corrected chi connectivity index (χ3v) is 8.34. The number of carbonyl (C=O) groups is 1. The van der Waals surface area contributed by atoms with E-state index in [0.717, 1.165) is 16.7 Å². The van der Waals surface area contributed by atoms with E-state index in [-0.39, 0.29) is 27.3 Å². The fourth-order valence-corrected chi connectivity index (χ4v) is 6.61. The number of sulfonamides is 1. The molecule has 164 valence electrons. The zero-order valence-electron chi connectivity index (χ0n) is 17.5. The Labute approximate surface area is 186 Å². The Kier molecular flexibility index (Phi) is 6.35. The first-order valence-electron chi connectivity index (χ1n) is 9.38. The second-order valence-electron chi connectivity index (χ2n) is 7.01. The molecule has 0 fully saturated rings. The second-order valence-corrected chi connectivity index (χ2v) is 11.8. The monoisotopic (exact) mass is 478 g/mol. The molecule has 0 saturated heterocycles. The molecular weight excluding hydrogens is 456 g/mol. The number of nitrogens with zero attached hydrogens (tertiary/aromatic N) is 1. The van der Waals surface area contributed by atoms with E-state index in [1.165, 1.54) is 23.5 Å². The van der Waals surface area contributed by atoms with Crippen molar-refractivity contribution in [3.63, 3.8) is 0 Å². The molecule has 1 heterocycles. The Balaban J connectivity index is 2.31. The van der Waals surface area contributed by atoms with Crippen LogP contribution < -0.4 is 4.72 Å². The average Bonchev–Trinajstić information content (AvgIpc) is 3.08. The molecule has 3 rings (SSSR count). The maximum atomic E-state index is 13.0. The number of aryl methyl sites for hydroxylation is 1. The minimum Gasteiger partial charge on any atom is -0.274 e. The molecule has 0 saturated carbocycles. The van der Waals surface area contributed by atoms with Crippen LogP contribution in [-0.2, 0) is 24.7 Å². The predicted octanol–water partition coefficient (Wildman–Crippen LogP) is 3.71. The van der Waals surface area contributed by atoms with Crippen molar-refractivity contribution in [2.45, 2.75) is 37.0 Å². The number of carbonyl (C=O) groups excluding carboxylic acids is 1. The van der Waals surface area contributed by atoms with Gasteiger partial charge in [0.2, 0.25) is 5.91 Å². The van der Waals surface area contributed by atoms with Crippen LogP contribution in [0.2, 0.25) is 0 Å². The van der Waals surface area contributed by atoms with Crippen molar-refractivity contribution in [3.8, 4) is 21.8 Å². The zero-order chi connectivity index (χ0) is 23.0. The average molecular weight is 479 g/mol. The number of nitrogens with one attached hydrogen (secondary N) is 1. The zero-order valence-corrected chi connectivity index (χ0v) is 19.9. The summed E-state index contributed by atoms with van der Waals surface area (Å²) in [7, 11) is -7.85. The van der Waals surface area contributed by atoms with Gasteiger partial charge in [0, 0.05) is 28.7 Å². The maximum absolute atomic E-state index is 13.0. The highest BCUT2D eigenvalue weighted by Crippen LogP contribution is 2.39. The molecule has 10 heteroatoms. The Morgan fingerprint density at radius 2 is 1.61 bits per heavy atom. The fraction of sp³-hybridized carbons (Fsp3) is 0.238. The fourth-order valence-electron chi connectivity index (χ4n) is 3.20. The summed E-state index contributed by atoms with van der Waals surface area (Å²) in [5.41, 5.74) is 1.99. The van der Waals surface area contributed by atoms with Crippen LogP contribution in [0.15, 0.2) is 52.3 Å². The normalized spacial score (nSPS) is 12.0. The van der Waals surface area contributed by atoms with Crippen molar-refractivity contribution in [1.82, 2.24) is 9.71 Å². The van der Waals surface area contributed by atoms with Gasteiger partial charge < -0.3 is 0 Å². The smallest absolute Gasteiger partial charge is 0.264 e. The Hall–Kier alpha value is -2.56. The van der Waals surface area contributed by atoms with E-state index in [9.17, 15) is 21.6 Å². The first-order chi connectivity index (χ1) is 14.5. The number of thiazole rings is 1. The number of hydrogen-bond donors (Lipinski definition) is 1. The van der Waals surface area contributed by atoms with Crippen molar-refractivity contribution in [2.24, 2.45) is 0 Å². The van der Waals surface area contributed by atoms with Gasteiger partial charge in [-0.05, 0) is 31.5 Å². The molecule has 0 atom stereocenters. The highest BCUT2D eigenvalue weighted by atomic mass is 32.2. The van der Waals surface area contributed by atoms with Gasteiger partial charge in [0.15, 0.2) is 9.84 Å². The van der Waals surface area contributed by atoms with E-state index in [4.69, 9.17) is 0 Å². The molecule has 1 aromatic heterocycles. The van der Waals surface area contributed by atoms with Crippen LogP contribution in [0, 0.1) is 13.8 Å². The molecule has 0 radical (unpaired) electrons. The molecular formula is C21H22N2O5S3. The van der Waals surface area contributed by atoms with E-state index in [2.05, 4.69) is 4.98 Å². The number of rotatable bonds is 6. The summed E-state index contributed by atoms with van der Waals surface area (Å²) >= 11 is 1.27. The van der Waals surface area contributed by atoms with Gasteiger partial charge in [0.25, 0.3) is 10.0 Å². The van der Waals surface area contributed by atoms with Crippen LogP contribution >= 0.6 is 11.3 Å². The summed E-state index contributed by atoms with van der Waals surface area (Å²) in [6, 6.07) is 11.9. The molecule has 0 aliphatic heterocycles. The summed E-state index contributed by atoms with van der Waals surface area (Å²) in [6.07, 6.45) is 1.05. The summed E-state index contributed by atoms with van der Waals surface area (Å²) < 4.78 is 52.5. The standard InChI is InChI=1S/C21H22N2O5S3/c1-5-18(24)23-31(27,28)17-12-11-16(30(4,25)26)13(2)19(17)21-22-20(14(3)29-21)15-9-7-6-8-10-15/h6-12H,5H2,1-4H3,(H,23,24). The maximum Gasteiger partial charge on any atom is 0.264 e. The molecule has 3 aromatic rings. The van der Waals surface area contributed by atoms with Crippen LogP contribution in [0.3, 0.4) is 0 Å². The van der Waals surface area contributed by atoms with Crippen LogP contribution in [0.25, 0.3) is 21.8 Å². The van der Waals surface area contributed by atoms with Gasteiger partial charge in [0.1, 0.15) is 5.01 Å². The molecule has 0 spiro atoms. The van der Waals surface area contributed by atoms with Gasteiger partial charge in [-0.2, -0.15) is 0 Å². The van der Waals surface area contributed by atoms with Crippen molar-refractivity contribution in [2.75, 3.05) is 6.26 Å². The number of aromatic nitrogens is 1. The van der Waals surface area contributed by atoms with E-state index in [0.29, 0.717) is 10.7 Å². The first-order valence-corrected chi connectivity index (χ1v) is 13.6. The number of benzene rings is 2. The van der Waals surface area contributed by atoms with E-state index >= 15 is 0 Å². The van der Waals surface area contributed by atoms with E-state index in [1.807, 2.05) is 42.0 Å². The SMILES string of the molecule is CCC(=O)NS(=O)(=O)c1ccc(S(C)(=O)=O)c(C)c1-c1nc(-c2ccccc2)c(C)s1. The molecule has 1 N–H and O–H groups in total. The van der Waals surface area contributed by atoms with Gasteiger partial charge in [-0.25, -0.2) is 26.5 Å². The van der Waals surface area contributed by atoms with E-state index in [1.54, 1.807) is 13.8 Å². The molecule has 0 aliphatic rings. The molecule has 2 aromatic carbocycles. The number of hydrogen-bond acceptors (Lipinski definition) is 7. The van der Waals surface area contributed by atoms with Crippen molar-refractivity contribution in [3.05, 3.63) is 52.9 Å². The molecule has 31 heavy (non-hydrogen) atoms. The Morgan fingerprint density at radius 1 is 1.00 bits per heavy atom. The van der Waals surface area contributed by atoms with Gasteiger partial charge in [-0.1, -0.05) is 37.3 Å². The van der Waals surface area contributed by atoms with Crippen molar-refractivity contribution < 1.29 is 21.6 Å². The first kappa shape index (κ1) is 23.1. The quantitative estimate of drug-likeness (QED) is 0.578. The van der Waals surface area contributed by atoms with Gasteiger partial charge in [0.05, 0.1) is 15.5 Å². The predicted molar refractivity (Wildman–Crippen MR) is 121 cm³/mol. The Bertz CT molecular complexity index is 1360. The van der Waals surface area contributed by atoms with Crippen LogP contribution in [0.5, 0.6) is 0 Å². The largest absolute Gasteiger partial charge is 0.274 e. The van der Waals surface area contributed by atoms with Crippen LogP contribution in [-0.4, -0.2) is 34.0 Å². The van der Waals surface area contributed by atoms with Gasteiger partial charge in [-0.15, -0.1) is 11.3 Å². The van der Waals surface area contributed by atoms with Gasteiger partial charge >= 0.3 is 0 Å². The van der Waals surface area contributed by atoms with Crippen LogP contribution in [0.4, 0.5) is 0 Å². The lowest BCUT2D eigenvalue weighted by Crippen LogP contribution is -2.30. The second kappa shape index (κ2) is 8.52. The molecule has 0 bridgehead atoms. The summed E-state index contributed by atoms with van der Waals surface area (Å²) in [6.45, 7) is 4.96. The topological polar surface area (TPSA) is 110 Å². The summed E-state index contributed by atoms with van der Waals surface area (Å²) in [4.78, 5) is 17.1. The molecule has 0 aliphatic carbocycles. The third-order valence-electron chi connectivity index (χ3n) is 4.69. The Morgan fingerprint density at radius 3 is 2.19 bits per heavy atom. The molecule has 7 nitrogen and oxygen atoms in total. The van der Waals surface area contributed by atoms with Crippen molar-refractivity contribution >= 4 is 37.1 Å². The highest BCUT2D eigenvalue weighted by molar-refractivity contribution is 7.91. The summed E-state index contributed by atoms with van der Waals surface area (Å²) in [5, 5.41) is 0.365. The highest BCUT2D eigenvalue weighted by Gasteiger charge is 2.28. The third kappa shape index (κ3) is 4.70. The lowest BCUT2D eigenvalue weighted by atomic mass is 10.1. The minimum atomic E-state index is -4.23. The van der Waals surface area contributed by atoms with Gasteiger partial charge in [-0.3, -0.25) is 4.79 Å². The lowest BCUT2D eigenvalue weighted by molar-refractivity contribution is -0.119. The van der Waals surface area contributed by atoms with E-state index < -0.39 is 25.8 Å². The molecule has 1 amide bonds. The molecule has 0 unspecified atom stereocenters. The lowest BCUT2D eigenvalue weighted by Gasteiger charge is -2.15. The van der Waals surface area contributed by atoms with Crippen LogP contribution in [0.1, 0.15) is 23.8 Å². The number of amides is 1. The number of sulfone groups is 1. The van der Waals surface area contributed by atoms with Crippen molar-refractivity contribution in [1.29, 1.82) is 0 Å². The summed E-state index contributed by atoms with van der Waals surface area (Å²) in [5.74, 6) is -0.656.